The zero-order chi connectivity index (χ0) is 8.65. The number of carbonyl (C=O) groups is 1. The summed E-state index contributed by atoms with van der Waals surface area (Å²) in [6, 6.07) is 0. The van der Waals surface area contributed by atoms with E-state index in [-0.39, 0.29) is 5.41 Å². The number of allylic oxidation sites excluding steroid dienone is 1. The Kier molecular flexibility index (Phi) is 2.59. The van der Waals surface area contributed by atoms with Crippen LogP contribution in [0.5, 0.6) is 0 Å². The van der Waals surface area contributed by atoms with Crippen molar-refractivity contribution in [3.8, 4) is 0 Å². The van der Waals surface area contributed by atoms with E-state index in [1.54, 1.807) is 0 Å². The first-order valence-electron chi connectivity index (χ1n) is 3.50. The van der Waals surface area contributed by atoms with Crippen LogP contribution < -0.4 is 0 Å². The molecule has 0 aromatic rings. The Hall–Kier alpha value is 0.370. The van der Waals surface area contributed by atoms with Gasteiger partial charge in [0.1, 0.15) is 5.78 Å². The Morgan fingerprint density at radius 1 is 1.64 bits per heavy atom. The lowest BCUT2D eigenvalue weighted by atomic mass is 9.61. The summed E-state index contributed by atoms with van der Waals surface area (Å²) in [5, 5.41) is 0. The van der Waals surface area contributed by atoms with Gasteiger partial charge in [-0.05, 0) is 37.8 Å². The van der Waals surface area contributed by atoms with Crippen LogP contribution in [-0.4, -0.2) is 5.78 Å². The predicted molar refractivity (Wildman–Crippen MR) is 52.8 cm³/mol. The third kappa shape index (κ3) is 1.75. The molecule has 0 heterocycles. The van der Waals surface area contributed by atoms with E-state index in [9.17, 15) is 4.79 Å². The minimum atomic E-state index is -0.146. The minimum absolute atomic E-state index is 0.146. The van der Waals surface area contributed by atoms with Gasteiger partial charge in [0.15, 0.2) is 0 Å². The molecular formula is C8H10Br2O. The van der Waals surface area contributed by atoms with E-state index in [1.165, 1.54) is 0 Å². The number of ketones is 1. The second-order valence-corrected chi connectivity index (χ2v) is 6.18. The van der Waals surface area contributed by atoms with Crippen LogP contribution in [-0.2, 0) is 4.79 Å². The smallest absolute Gasteiger partial charge is 0.139 e. The second-order valence-electron chi connectivity index (χ2n) is 3.41. The van der Waals surface area contributed by atoms with Crippen LogP contribution >= 0.6 is 31.9 Å². The number of carbonyl (C=O) groups excluding carboxylic acids is 1. The maximum atomic E-state index is 11.1. The molecule has 0 bridgehead atoms. The van der Waals surface area contributed by atoms with Gasteiger partial charge in [-0.2, -0.15) is 0 Å². The molecular weight excluding hydrogens is 272 g/mol. The van der Waals surface area contributed by atoms with E-state index in [2.05, 4.69) is 31.9 Å². The van der Waals surface area contributed by atoms with Gasteiger partial charge in [-0.15, -0.1) is 0 Å². The Morgan fingerprint density at radius 2 is 2.18 bits per heavy atom. The standard InChI is InChI=1S/C8H10Br2O/c1-8(2)5(3-6(8)11)4-7(9)10/h4-5H,3H2,1-2H3. The summed E-state index contributed by atoms with van der Waals surface area (Å²) in [7, 11) is 0. The van der Waals surface area contributed by atoms with E-state index in [0.717, 1.165) is 3.39 Å². The van der Waals surface area contributed by atoms with Gasteiger partial charge in [0.25, 0.3) is 0 Å². The monoisotopic (exact) mass is 280 g/mol. The van der Waals surface area contributed by atoms with Crippen molar-refractivity contribution < 1.29 is 4.79 Å². The maximum Gasteiger partial charge on any atom is 0.139 e. The van der Waals surface area contributed by atoms with Crippen LogP contribution in [0.4, 0.5) is 0 Å². The summed E-state index contributed by atoms with van der Waals surface area (Å²) < 4.78 is 0.940. The van der Waals surface area contributed by atoms with Gasteiger partial charge in [-0.25, -0.2) is 0 Å². The normalized spacial score (nSPS) is 27.6. The third-order valence-electron chi connectivity index (χ3n) is 2.38. The lowest BCUT2D eigenvalue weighted by Gasteiger charge is -2.40. The van der Waals surface area contributed by atoms with Gasteiger partial charge in [-0.3, -0.25) is 4.79 Å². The second kappa shape index (κ2) is 3.02. The molecule has 1 atom stereocenters. The number of hydrogen-bond acceptors (Lipinski definition) is 1. The first kappa shape index (κ1) is 9.46. The highest BCUT2D eigenvalue weighted by Gasteiger charge is 2.45. The van der Waals surface area contributed by atoms with Gasteiger partial charge in [0, 0.05) is 11.8 Å². The summed E-state index contributed by atoms with van der Waals surface area (Å²) in [6.45, 7) is 3.98. The van der Waals surface area contributed by atoms with Crippen molar-refractivity contribution in [3.05, 3.63) is 9.47 Å². The van der Waals surface area contributed by atoms with E-state index in [4.69, 9.17) is 0 Å². The zero-order valence-electron chi connectivity index (χ0n) is 6.53. The van der Waals surface area contributed by atoms with Gasteiger partial charge in [0.05, 0.1) is 3.39 Å². The predicted octanol–water partition coefficient (Wildman–Crippen LogP) is 3.23. The molecule has 0 saturated heterocycles. The van der Waals surface area contributed by atoms with Crippen LogP contribution in [0.1, 0.15) is 20.3 Å². The fourth-order valence-electron chi connectivity index (χ4n) is 1.21. The molecule has 1 rings (SSSR count). The summed E-state index contributed by atoms with van der Waals surface area (Å²) >= 11 is 6.58. The van der Waals surface area contributed by atoms with E-state index in [0.29, 0.717) is 18.1 Å². The molecule has 1 unspecified atom stereocenters. The van der Waals surface area contributed by atoms with Crippen molar-refractivity contribution in [2.24, 2.45) is 11.3 Å². The number of halogens is 2. The summed E-state index contributed by atoms with van der Waals surface area (Å²) in [6.07, 6.45) is 2.73. The third-order valence-corrected chi connectivity index (χ3v) is 2.91. The van der Waals surface area contributed by atoms with Crippen LogP contribution in [0, 0.1) is 11.3 Å². The molecule has 0 radical (unpaired) electrons. The van der Waals surface area contributed by atoms with Crippen molar-refractivity contribution >= 4 is 37.6 Å². The van der Waals surface area contributed by atoms with Crippen molar-refractivity contribution in [1.29, 1.82) is 0 Å². The number of hydrogen-bond donors (Lipinski definition) is 0. The molecule has 0 N–H and O–H groups in total. The average molecular weight is 282 g/mol. The first-order valence-corrected chi connectivity index (χ1v) is 5.09. The number of rotatable bonds is 1. The average Bonchev–Trinajstić information content (AvgIpc) is 1.87. The molecule has 1 aliphatic carbocycles. The van der Waals surface area contributed by atoms with E-state index in [1.807, 2.05) is 19.9 Å². The van der Waals surface area contributed by atoms with Gasteiger partial charge < -0.3 is 0 Å². The summed E-state index contributed by atoms with van der Waals surface area (Å²) in [5.74, 6) is 0.753. The Labute approximate surface area is 83.5 Å². The Balaban J connectivity index is 2.68. The van der Waals surface area contributed by atoms with Gasteiger partial charge in [-0.1, -0.05) is 19.9 Å². The van der Waals surface area contributed by atoms with E-state index < -0.39 is 0 Å². The summed E-state index contributed by atoms with van der Waals surface area (Å²) in [5.41, 5.74) is -0.146. The molecule has 0 spiro atoms. The fourth-order valence-corrected chi connectivity index (χ4v) is 1.85. The summed E-state index contributed by atoms with van der Waals surface area (Å²) in [4.78, 5) is 11.1. The molecule has 1 aliphatic rings. The molecule has 0 aromatic heterocycles. The Morgan fingerprint density at radius 3 is 2.45 bits per heavy atom. The van der Waals surface area contributed by atoms with Gasteiger partial charge >= 0.3 is 0 Å². The van der Waals surface area contributed by atoms with Crippen LogP contribution in [0.3, 0.4) is 0 Å². The lowest BCUT2D eigenvalue weighted by molar-refractivity contribution is -0.139. The first-order chi connectivity index (χ1) is 4.94. The largest absolute Gasteiger partial charge is 0.299 e. The highest BCUT2D eigenvalue weighted by atomic mass is 79.9. The van der Waals surface area contributed by atoms with Crippen LogP contribution in [0.15, 0.2) is 9.47 Å². The molecule has 1 fully saturated rings. The molecule has 3 heteroatoms. The van der Waals surface area contributed by atoms with E-state index >= 15 is 0 Å². The highest BCUT2D eigenvalue weighted by molar-refractivity contribution is 9.28. The molecule has 0 aliphatic heterocycles. The van der Waals surface area contributed by atoms with Crippen molar-refractivity contribution in [3.63, 3.8) is 0 Å². The van der Waals surface area contributed by atoms with Crippen molar-refractivity contribution in [2.75, 3.05) is 0 Å². The minimum Gasteiger partial charge on any atom is -0.299 e. The molecule has 62 valence electrons. The quantitative estimate of drug-likeness (QED) is 0.721. The van der Waals surface area contributed by atoms with Crippen molar-refractivity contribution in [2.45, 2.75) is 20.3 Å². The zero-order valence-corrected chi connectivity index (χ0v) is 9.70. The SMILES string of the molecule is CC1(C)C(=O)CC1C=C(Br)Br. The number of Topliss-reactive ketones (excluding diaryl/α,β-unsaturated/α-hetero) is 1. The molecule has 1 nitrogen and oxygen atoms in total. The topological polar surface area (TPSA) is 17.1 Å². The van der Waals surface area contributed by atoms with Crippen molar-refractivity contribution in [1.82, 2.24) is 0 Å². The molecule has 1 saturated carbocycles. The Bertz CT molecular complexity index is 214. The van der Waals surface area contributed by atoms with Gasteiger partial charge in [0.2, 0.25) is 0 Å². The molecule has 0 aromatic carbocycles. The fraction of sp³-hybridized carbons (Fsp3) is 0.625. The highest BCUT2D eigenvalue weighted by Crippen LogP contribution is 2.44. The van der Waals surface area contributed by atoms with Crippen LogP contribution in [0.25, 0.3) is 0 Å². The molecule has 11 heavy (non-hydrogen) atoms. The maximum absolute atomic E-state index is 11.1. The molecule has 0 amide bonds. The lowest BCUT2D eigenvalue weighted by Crippen LogP contribution is -2.44. The van der Waals surface area contributed by atoms with Crippen LogP contribution in [0.2, 0.25) is 0 Å².